The van der Waals surface area contributed by atoms with Crippen LogP contribution in [0.4, 0.5) is 0 Å². The number of ether oxygens (including phenoxy) is 4. The first-order chi connectivity index (χ1) is 39.6. The number of hydrogen-bond acceptors (Lipinski definition) is 12. The molecule has 0 N–H and O–H groups in total. The molecular weight excluding hydrogens is 1010 g/mol. The van der Waals surface area contributed by atoms with Crippen molar-refractivity contribution in [1.82, 2.24) is 0 Å². The van der Waals surface area contributed by atoms with E-state index in [9.17, 15) is 30.6 Å². The molecule has 0 heterocycles. The van der Waals surface area contributed by atoms with Crippen LogP contribution in [-0.2, 0) is 38.1 Å². The standard InChI is InChI=1S/C69H48N4O8/c70-41-55-35-19-21-37-57(55)59(39-49-23-7-1-8-24-49)65(74)78-45-69(46-79-66(75)60(40-50-25-9-2-10-26-50)58-38-22-20-36-56(58)42-71,47-80-67(76)63(53-31-15-5-16-32-53)61(43-72)51-27-11-3-12-28-51)48-81-68(77)64(54-33-17-6-18-34-54)62(44-73)52-29-13-4-14-30-52/h1-40H,45-48H2/b59-39-,60-40+,63-61+,64-62+. The highest BCUT2D eigenvalue weighted by atomic mass is 16.6. The number of nitrogens with zero attached hydrogens (tertiary/aromatic N) is 4. The van der Waals surface area contributed by atoms with Gasteiger partial charge in [0, 0.05) is 11.1 Å². The van der Waals surface area contributed by atoms with E-state index in [0.29, 0.717) is 33.4 Å². The molecule has 12 heteroatoms. The van der Waals surface area contributed by atoms with E-state index in [1.54, 1.807) is 243 Å². The molecule has 0 aliphatic carbocycles. The lowest BCUT2D eigenvalue weighted by Gasteiger charge is -2.32. The quantitative estimate of drug-likeness (QED) is 0.0230. The number of benzene rings is 8. The molecular formula is C69H48N4O8. The van der Waals surface area contributed by atoms with Gasteiger partial charge in [-0.15, -0.1) is 0 Å². The third-order valence-electron chi connectivity index (χ3n) is 12.8. The molecule has 0 fully saturated rings. The Hall–Kier alpha value is -11.4. The SMILES string of the molecule is N#C/C(=C(\C(=O)OCC(COC(=O)/C(=C\c1ccccc1)c1ccccc1C#N)(COC(=O)/C(=C(\C#N)c1ccccc1)c1ccccc1)COC(=O)/C(=C/c1ccccc1)c1ccccc1C#N)c1ccccc1)c1ccccc1. The van der Waals surface area contributed by atoms with Crippen LogP contribution in [0.25, 0.3) is 45.6 Å². The molecule has 0 bridgehead atoms. The maximum Gasteiger partial charge on any atom is 0.340 e. The van der Waals surface area contributed by atoms with Crippen molar-refractivity contribution in [3.8, 4) is 24.3 Å². The van der Waals surface area contributed by atoms with Gasteiger partial charge in [0.1, 0.15) is 44.0 Å². The Kier molecular flexibility index (Phi) is 19.0. The van der Waals surface area contributed by atoms with E-state index in [0.717, 1.165) is 0 Å². The second kappa shape index (κ2) is 27.6. The van der Waals surface area contributed by atoms with Gasteiger partial charge in [-0.05, 0) is 57.7 Å². The second-order valence-corrected chi connectivity index (χ2v) is 18.2. The van der Waals surface area contributed by atoms with Crippen LogP contribution in [-0.4, -0.2) is 50.3 Å². The molecule has 0 saturated carbocycles. The van der Waals surface area contributed by atoms with Crippen molar-refractivity contribution >= 4 is 69.5 Å². The van der Waals surface area contributed by atoms with Gasteiger partial charge in [0.2, 0.25) is 0 Å². The number of rotatable bonds is 20. The molecule has 12 nitrogen and oxygen atoms in total. The van der Waals surface area contributed by atoms with Crippen molar-refractivity contribution in [3.05, 3.63) is 286 Å². The maximum atomic E-state index is 15.0. The van der Waals surface area contributed by atoms with E-state index < -0.39 is 55.7 Å². The molecule has 0 spiro atoms. The molecule has 0 saturated heterocycles. The Morgan fingerprint density at radius 2 is 0.617 bits per heavy atom. The van der Waals surface area contributed by atoms with E-state index >= 15 is 9.59 Å². The predicted molar refractivity (Wildman–Crippen MR) is 308 cm³/mol. The summed E-state index contributed by atoms with van der Waals surface area (Å²) in [6.45, 7) is -3.21. The summed E-state index contributed by atoms with van der Waals surface area (Å²) in [6, 6.07) is 72.9. The minimum atomic E-state index is -2.03. The molecule has 8 aromatic carbocycles. The summed E-state index contributed by atoms with van der Waals surface area (Å²) < 4.78 is 25.0. The summed E-state index contributed by atoms with van der Waals surface area (Å²) in [5.74, 6) is -3.97. The highest BCUT2D eigenvalue weighted by molar-refractivity contribution is 6.28. The number of carbonyl (C=O) groups is 4. The third kappa shape index (κ3) is 14.1. The van der Waals surface area contributed by atoms with Gasteiger partial charge in [0.05, 0.1) is 56.7 Å². The first kappa shape index (κ1) is 55.8. The van der Waals surface area contributed by atoms with E-state index in [-0.39, 0.29) is 55.7 Å². The molecule has 0 aliphatic rings. The van der Waals surface area contributed by atoms with E-state index in [1.807, 2.05) is 0 Å². The molecule has 0 aromatic heterocycles. The van der Waals surface area contributed by atoms with Gasteiger partial charge in [0.25, 0.3) is 0 Å². The summed E-state index contributed by atoms with van der Waals surface area (Å²) in [5, 5.41) is 42.0. The van der Waals surface area contributed by atoms with Gasteiger partial charge in [-0.1, -0.05) is 218 Å². The zero-order chi connectivity index (χ0) is 56.8. The van der Waals surface area contributed by atoms with Gasteiger partial charge >= 0.3 is 23.9 Å². The van der Waals surface area contributed by atoms with Gasteiger partial charge in [-0.25, -0.2) is 19.2 Å². The van der Waals surface area contributed by atoms with Gasteiger partial charge in [0.15, 0.2) is 0 Å². The number of carbonyl (C=O) groups excluding carboxylic acids is 4. The topological polar surface area (TPSA) is 200 Å². The summed E-state index contributed by atoms with van der Waals surface area (Å²) in [5.41, 5.74) is 0.853. The van der Waals surface area contributed by atoms with Gasteiger partial charge in [-0.2, -0.15) is 21.0 Å². The molecule has 0 radical (unpaired) electrons. The molecule has 0 atom stereocenters. The van der Waals surface area contributed by atoms with Gasteiger partial charge in [-0.3, -0.25) is 0 Å². The monoisotopic (exact) mass is 1060 g/mol. The zero-order valence-corrected chi connectivity index (χ0v) is 43.5. The van der Waals surface area contributed by atoms with Crippen LogP contribution in [0.15, 0.2) is 231 Å². The van der Waals surface area contributed by atoms with E-state index in [4.69, 9.17) is 18.9 Å². The predicted octanol–water partition coefficient (Wildman–Crippen LogP) is 12.6. The Morgan fingerprint density at radius 3 is 0.926 bits per heavy atom. The minimum absolute atomic E-state index is 0.0389. The molecule has 0 amide bonds. The fourth-order valence-corrected chi connectivity index (χ4v) is 8.66. The lowest BCUT2D eigenvalue weighted by Crippen LogP contribution is -2.44. The fourth-order valence-electron chi connectivity index (χ4n) is 8.66. The number of nitriles is 4. The van der Waals surface area contributed by atoms with Crippen LogP contribution < -0.4 is 0 Å². The summed E-state index contributed by atoms with van der Waals surface area (Å²) in [6.07, 6.45) is 3.09. The molecule has 392 valence electrons. The lowest BCUT2D eigenvalue weighted by molar-refractivity contribution is -0.162. The van der Waals surface area contributed by atoms with Gasteiger partial charge < -0.3 is 18.9 Å². The molecule has 81 heavy (non-hydrogen) atoms. The van der Waals surface area contributed by atoms with Crippen molar-refractivity contribution in [3.63, 3.8) is 0 Å². The lowest BCUT2D eigenvalue weighted by atomic mass is 9.91. The largest absolute Gasteiger partial charge is 0.461 e. The Labute approximate surface area is 468 Å². The molecule has 8 aromatic rings. The summed E-state index contributed by atoms with van der Waals surface area (Å²) in [7, 11) is 0. The Balaban J connectivity index is 1.29. The van der Waals surface area contributed by atoms with Crippen LogP contribution in [0.3, 0.4) is 0 Å². The van der Waals surface area contributed by atoms with E-state index in [2.05, 4.69) is 24.3 Å². The summed E-state index contributed by atoms with van der Waals surface area (Å²) in [4.78, 5) is 59.9. The fraction of sp³-hybridized carbons (Fsp3) is 0.0725. The van der Waals surface area contributed by atoms with Crippen LogP contribution in [0, 0.1) is 50.7 Å². The zero-order valence-electron chi connectivity index (χ0n) is 43.5. The van der Waals surface area contributed by atoms with Crippen molar-refractivity contribution in [2.75, 3.05) is 26.4 Å². The number of allylic oxidation sites excluding steroid dienone is 2. The van der Waals surface area contributed by atoms with Crippen LogP contribution in [0.2, 0.25) is 0 Å². The highest BCUT2D eigenvalue weighted by Gasteiger charge is 2.40. The van der Waals surface area contributed by atoms with Crippen molar-refractivity contribution in [1.29, 1.82) is 21.0 Å². The first-order valence-corrected chi connectivity index (χ1v) is 25.4. The Bertz CT molecular complexity index is 3610. The Morgan fingerprint density at radius 1 is 0.346 bits per heavy atom. The normalized spacial score (nSPS) is 11.9. The van der Waals surface area contributed by atoms with E-state index in [1.165, 1.54) is 0 Å². The van der Waals surface area contributed by atoms with Crippen molar-refractivity contribution in [2.24, 2.45) is 5.41 Å². The summed E-state index contributed by atoms with van der Waals surface area (Å²) >= 11 is 0. The maximum absolute atomic E-state index is 15.0. The van der Waals surface area contributed by atoms with Crippen LogP contribution in [0.1, 0.15) is 55.6 Å². The molecule has 0 unspecified atom stereocenters. The van der Waals surface area contributed by atoms with Crippen LogP contribution >= 0.6 is 0 Å². The molecule has 0 aliphatic heterocycles. The third-order valence-corrected chi connectivity index (χ3v) is 12.8. The number of esters is 4. The minimum Gasteiger partial charge on any atom is -0.461 e. The smallest absolute Gasteiger partial charge is 0.340 e. The van der Waals surface area contributed by atoms with Crippen molar-refractivity contribution in [2.45, 2.75) is 0 Å². The van der Waals surface area contributed by atoms with Crippen LogP contribution in [0.5, 0.6) is 0 Å². The first-order valence-electron chi connectivity index (χ1n) is 25.4. The molecule has 8 rings (SSSR count). The average molecular weight is 1060 g/mol. The van der Waals surface area contributed by atoms with Crippen molar-refractivity contribution < 1.29 is 38.1 Å². The second-order valence-electron chi connectivity index (χ2n) is 18.2. The highest BCUT2D eigenvalue weighted by Crippen LogP contribution is 2.34. The average Bonchev–Trinajstić information content (AvgIpc) is 3.53. The number of hydrogen-bond donors (Lipinski definition) is 0.